The molecule has 1 aromatic rings. The molecule has 5 heteroatoms. The molecule has 0 aliphatic rings. The number of benzene rings is 1. The monoisotopic (exact) mass is 290 g/mol. The van der Waals surface area contributed by atoms with Crippen LogP contribution in [-0.4, -0.2) is 37.0 Å². The van der Waals surface area contributed by atoms with Crippen LogP contribution >= 0.6 is 24.0 Å². The third-order valence-corrected chi connectivity index (χ3v) is 3.06. The van der Waals surface area contributed by atoms with E-state index < -0.39 is 0 Å². The van der Waals surface area contributed by atoms with E-state index in [2.05, 4.69) is 24.1 Å². The summed E-state index contributed by atoms with van der Waals surface area (Å²) in [6.45, 7) is 7.73. The van der Waals surface area contributed by atoms with Crippen molar-refractivity contribution in [2.45, 2.75) is 13.8 Å². The van der Waals surface area contributed by atoms with Crippen LogP contribution in [0.2, 0.25) is 5.02 Å². The molecule has 0 heterocycles. The van der Waals surface area contributed by atoms with Gasteiger partial charge < -0.3 is 10.2 Å². The summed E-state index contributed by atoms with van der Waals surface area (Å²) in [6.07, 6.45) is 0. The molecule has 0 fully saturated rings. The van der Waals surface area contributed by atoms with Crippen LogP contribution in [0.1, 0.15) is 24.2 Å². The second-order valence-corrected chi connectivity index (χ2v) is 4.17. The van der Waals surface area contributed by atoms with Gasteiger partial charge in [-0.2, -0.15) is 0 Å². The van der Waals surface area contributed by atoms with E-state index in [9.17, 15) is 4.79 Å². The molecule has 1 N–H and O–H groups in total. The molecule has 18 heavy (non-hydrogen) atoms. The van der Waals surface area contributed by atoms with Crippen molar-refractivity contribution >= 4 is 29.9 Å². The van der Waals surface area contributed by atoms with Gasteiger partial charge in [0.2, 0.25) is 0 Å². The number of amides is 1. The zero-order valence-corrected chi connectivity index (χ0v) is 12.4. The Kier molecular flexibility index (Phi) is 8.81. The highest BCUT2D eigenvalue weighted by molar-refractivity contribution is 6.33. The highest BCUT2D eigenvalue weighted by Crippen LogP contribution is 2.14. The van der Waals surface area contributed by atoms with Crippen molar-refractivity contribution in [2.24, 2.45) is 0 Å². The summed E-state index contributed by atoms with van der Waals surface area (Å²) in [5.74, 6) is -0.109. The van der Waals surface area contributed by atoms with E-state index in [1.807, 2.05) is 12.1 Å². The van der Waals surface area contributed by atoms with E-state index >= 15 is 0 Å². The quantitative estimate of drug-likeness (QED) is 0.874. The summed E-state index contributed by atoms with van der Waals surface area (Å²) >= 11 is 5.94. The molecule has 0 spiro atoms. The number of rotatable bonds is 6. The Hall–Kier alpha value is -0.770. The Balaban J connectivity index is 0.00000289. The summed E-state index contributed by atoms with van der Waals surface area (Å²) in [6, 6.07) is 7.08. The molecule has 102 valence electrons. The van der Waals surface area contributed by atoms with Gasteiger partial charge in [-0.05, 0) is 25.2 Å². The average Bonchev–Trinajstić information content (AvgIpc) is 2.35. The zero-order chi connectivity index (χ0) is 12.7. The van der Waals surface area contributed by atoms with E-state index in [1.54, 1.807) is 12.1 Å². The number of carbonyl (C=O) groups excluding carboxylic acids is 1. The zero-order valence-electron chi connectivity index (χ0n) is 10.8. The fourth-order valence-corrected chi connectivity index (χ4v) is 1.83. The molecule has 0 bridgehead atoms. The molecule has 0 atom stereocenters. The minimum absolute atomic E-state index is 0. The van der Waals surface area contributed by atoms with Crippen molar-refractivity contribution in [3.05, 3.63) is 34.9 Å². The minimum atomic E-state index is -0.109. The number of hydrogen-bond acceptors (Lipinski definition) is 2. The Morgan fingerprint density at radius 2 is 1.89 bits per heavy atom. The van der Waals surface area contributed by atoms with Crippen LogP contribution in [0.25, 0.3) is 0 Å². The predicted octanol–water partition coefficient (Wildman–Crippen LogP) is 2.83. The molecular weight excluding hydrogens is 271 g/mol. The molecule has 0 aliphatic heterocycles. The van der Waals surface area contributed by atoms with Crippen LogP contribution in [0.15, 0.2) is 24.3 Å². The first-order chi connectivity index (χ1) is 8.19. The second kappa shape index (κ2) is 9.20. The fraction of sp³-hybridized carbons (Fsp3) is 0.462. The van der Waals surface area contributed by atoms with Gasteiger partial charge in [0.15, 0.2) is 0 Å². The van der Waals surface area contributed by atoms with Gasteiger partial charge in [-0.25, -0.2) is 0 Å². The van der Waals surface area contributed by atoms with Crippen molar-refractivity contribution in [3.8, 4) is 0 Å². The number of halogens is 2. The van der Waals surface area contributed by atoms with E-state index in [0.29, 0.717) is 17.1 Å². The van der Waals surface area contributed by atoms with Gasteiger partial charge in [-0.3, -0.25) is 4.79 Å². The molecule has 1 rings (SSSR count). The number of nitrogens with one attached hydrogen (secondary N) is 1. The van der Waals surface area contributed by atoms with Crippen LogP contribution in [0.4, 0.5) is 0 Å². The van der Waals surface area contributed by atoms with E-state index in [0.717, 1.165) is 19.6 Å². The normalized spacial score (nSPS) is 10.0. The van der Waals surface area contributed by atoms with Gasteiger partial charge in [0.05, 0.1) is 10.6 Å². The summed E-state index contributed by atoms with van der Waals surface area (Å²) in [5.41, 5.74) is 0.536. The van der Waals surface area contributed by atoms with Crippen LogP contribution in [0, 0.1) is 0 Å². The number of likely N-dealkylation sites (N-methyl/N-ethyl adjacent to an activating group) is 1. The molecule has 0 radical (unpaired) electrons. The maximum Gasteiger partial charge on any atom is 0.252 e. The van der Waals surface area contributed by atoms with Gasteiger partial charge in [0.25, 0.3) is 5.91 Å². The topological polar surface area (TPSA) is 32.3 Å². The lowest BCUT2D eigenvalue weighted by Crippen LogP contribution is -2.34. The van der Waals surface area contributed by atoms with Gasteiger partial charge in [-0.1, -0.05) is 37.6 Å². The van der Waals surface area contributed by atoms with E-state index in [-0.39, 0.29) is 18.3 Å². The average molecular weight is 291 g/mol. The summed E-state index contributed by atoms with van der Waals surface area (Å²) < 4.78 is 0. The van der Waals surface area contributed by atoms with Gasteiger partial charge in [-0.15, -0.1) is 12.4 Å². The second-order valence-electron chi connectivity index (χ2n) is 3.76. The van der Waals surface area contributed by atoms with E-state index in [1.165, 1.54) is 0 Å². The third kappa shape index (κ3) is 5.25. The Morgan fingerprint density at radius 3 is 2.44 bits per heavy atom. The van der Waals surface area contributed by atoms with Crippen LogP contribution in [0.3, 0.4) is 0 Å². The van der Waals surface area contributed by atoms with Crippen molar-refractivity contribution in [1.29, 1.82) is 0 Å². The summed E-state index contributed by atoms with van der Waals surface area (Å²) in [4.78, 5) is 14.1. The summed E-state index contributed by atoms with van der Waals surface area (Å²) in [7, 11) is 0. The van der Waals surface area contributed by atoms with Crippen LogP contribution < -0.4 is 5.32 Å². The number of carbonyl (C=O) groups is 1. The molecule has 0 unspecified atom stereocenters. The lowest BCUT2D eigenvalue weighted by Gasteiger charge is -2.18. The van der Waals surface area contributed by atoms with Gasteiger partial charge >= 0.3 is 0 Å². The minimum Gasteiger partial charge on any atom is -0.351 e. The smallest absolute Gasteiger partial charge is 0.252 e. The SMILES string of the molecule is CCN(CC)CCNC(=O)c1ccccc1Cl.Cl. The molecule has 3 nitrogen and oxygen atoms in total. The highest BCUT2D eigenvalue weighted by atomic mass is 35.5. The Bertz CT molecular complexity index is 368. The van der Waals surface area contributed by atoms with Crippen molar-refractivity contribution < 1.29 is 4.79 Å². The van der Waals surface area contributed by atoms with Gasteiger partial charge in [0.1, 0.15) is 0 Å². The summed E-state index contributed by atoms with van der Waals surface area (Å²) in [5, 5.41) is 3.37. The first-order valence-electron chi connectivity index (χ1n) is 5.94. The first-order valence-corrected chi connectivity index (χ1v) is 6.31. The Labute approximate surface area is 120 Å². The lowest BCUT2D eigenvalue weighted by atomic mass is 10.2. The van der Waals surface area contributed by atoms with Gasteiger partial charge in [0, 0.05) is 13.1 Å². The fourth-order valence-electron chi connectivity index (χ4n) is 1.61. The molecular formula is C13H20Cl2N2O. The van der Waals surface area contributed by atoms with Crippen molar-refractivity contribution in [3.63, 3.8) is 0 Å². The highest BCUT2D eigenvalue weighted by Gasteiger charge is 2.08. The predicted molar refractivity (Wildman–Crippen MR) is 78.8 cm³/mol. The van der Waals surface area contributed by atoms with Crippen LogP contribution in [0.5, 0.6) is 0 Å². The van der Waals surface area contributed by atoms with Crippen molar-refractivity contribution in [1.82, 2.24) is 10.2 Å². The molecule has 0 aromatic heterocycles. The number of nitrogens with zero attached hydrogens (tertiary/aromatic N) is 1. The largest absolute Gasteiger partial charge is 0.351 e. The third-order valence-electron chi connectivity index (χ3n) is 2.73. The molecule has 1 aromatic carbocycles. The molecule has 0 saturated carbocycles. The molecule has 0 aliphatic carbocycles. The van der Waals surface area contributed by atoms with Crippen molar-refractivity contribution in [2.75, 3.05) is 26.2 Å². The lowest BCUT2D eigenvalue weighted by molar-refractivity contribution is 0.0949. The first kappa shape index (κ1) is 17.2. The molecule has 1 amide bonds. The maximum absolute atomic E-state index is 11.8. The standard InChI is InChI=1S/C13H19ClN2O.ClH/c1-3-16(4-2)10-9-15-13(17)11-7-5-6-8-12(11)14;/h5-8H,3-4,9-10H2,1-2H3,(H,15,17);1H. The van der Waals surface area contributed by atoms with E-state index in [4.69, 9.17) is 11.6 Å². The number of hydrogen-bond donors (Lipinski definition) is 1. The van der Waals surface area contributed by atoms with Crippen LogP contribution in [-0.2, 0) is 0 Å². The maximum atomic E-state index is 11.8. The Morgan fingerprint density at radius 1 is 1.28 bits per heavy atom. The molecule has 0 saturated heterocycles.